The molecule has 0 saturated carbocycles. The van der Waals surface area contributed by atoms with Crippen LogP contribution in [-0.4, -0.2) is 49.5 Å². The van der Waals surface area contributed by atoms with Crippen LogP contribution in [0.4, 0.5) is 5.69 Å². The molecule has 10 heteroatoms. The average molecular weight is 449 g/mol. The molecule has 0 N–H and O–H groups in total. The lowest BCUT2D eigenvalue weighted by atomic mass is 10.1. The van der Waals surface area contributed by atoms with Crippen molar-refractivity contribution in [2.24, 2.45) is 0 Å². The van der Waals surface area contributed by atoms with Crippen molar-refractivity contribution in [1.29, 1.82) is 0 Å². The molecule has 3 aromatic rings. The summed E-state index contributed by atoms with van der Waals surface area (Å²) < 4.78 is 29.0. The molecule has 0 aliphatic rings. The smallest absolute Gasteiger partial charge is 0.274 e. The molecule has 1 aromatic carbocycles. The van der Waals surface area contributed by atoms with E-state index >= 15 is 0 Å². The van der Waals surface area contributed by atoms with Crippen molar-refractivity contribution in [2.45, 2.75) is 18.2 Å². The number of halogens is 1. The van der Waals surface area contributed by atoms with Crippen LogP contribution < -0.4 is 4.90 Å². The largest absolute Gasteiger partial charge is 0.467 e. The highest BCUT2D eigenvalue weighted by molar-refractivity contribution is 7.90. The molecular weight excluding hydrogens is 428 g/mol. The predicted molar refractivity (Wildman–Crippen MR) is 113 cm³/mol. The first-order valence-electron chi connectivity index (χ1n) is 8.95. The van der Waals surface area contributed by atoms with E-state index in [9.17, 15) is 13.2 Å². The van der Waals surface area contributed by atoms with Gasteiger partial charge in [0.1, 0.15) is 5.76 Å². The van der Waals surface area contributed by atoms with Crippen LogP contribution in [-0.2, 0) is 22.9 Å². The maximum atomic E-state index is 13.3. The van der Waals surface area contributed by atoms with E-state index < -0.39 is 20.9 Å². The van der Waals surface area contributed by atoms with Gasteiger partial charge in [-0.2, -0.15) is 0 Å². The summed E-state index contributed by atoms with van der Waals surface area (Å²) in [6, 6.07) is 11.2. The van der Waals surface area contributed by atoms with Crippen LogP contribution >= 0.6 is 11.6 Å². The maximum Gasteiger partial charge on any atom is 0.274 e. The number of carbonyl (C=O) groups is 1. The first-order valence-corrected chi connectivity index (χ1v) is 11.2. The van der Waals surface area contributed by atoms with Gasteiger partial charge in [-0.25, -0.2) is 18.4 Å². The minimum Gasteiger partial charge on any atom is -0.467 e. The number of benzene rings is 1. The number of amides is 1. The zero-order valence-electron chi connectivity index (χ0n) is 16.7. The van der Waals surface area contributed by atoms with E-state index in [4.69, 9.17) is 16.0 Å². The van der Waals surface area contributed by atoms with E-state index in [2.05, 4.69) is 9.97 Å². The fourth-order valence-electron chi connectivity index (χ4n) is 2.74. The van der Waals surface area contributed by atoms with Crippen LogP contribution in [0.2, 0.25) is 5.02 Å². The molecule has 0 spiro atoms. The van der Waals surface area contributed by atoms with Gasteiger partial charge >= 0.3 is 0 Å². The van der Waals surface area contributed by atoms with E-state index in [0.29, 0.717) is 5.76 Å². The van der Waals surface area contributed by atoms with E-state index in [1.54, 1.807) is 12.1 Å². The molecule has 0 saturated heterocycles. The number of furan rings is 1. The van der Waals surface area contributed by atoms with E-state index in [1.165, 1.54) is 11.2 Å². The summed E-state index contributed by atoms with van der Waals surface area (Å²) in [5.41, 5.74) is 1.73. The maximum absolute atomic E-state index is 13.3. The second-order valence-electron chi connectivity index (χ2n) is 6.92. The van der Waals surface area contributed by atoms with Crippen molar-refractivity contribution in [3.63, 3.8) is 0 Å². The Morgan fingerprint density at radius 3 is 2.40 bits per heavy atom. The number of anilines is 1. The SMILES string of the molecule is CN(C)c1ccc(CN(Cc2ccco2)C(=O)c2nc(S(C)(=O)=O)ncc2Cl)cc1. The summed E-state index contributed by atoms with van der Waals surface area (Å²) in [4.78, 5) is 24.3. The number of aromatic nitrogens is 2. The van der Waals surface area contributed by atoms with Gasteiger partial charge in [-0.05, 0) is 29.8 Å². The van der Waals surface area contributed by atoms with Crippen molar-refractivity contribution in [3.05, 3.63) is 70.9 Å². The molecule has 0 radical (unpaired) electrons. The second-order valence-corrected chi connectivity index (χ2v) is 9.24. The number of sulfone groups is 1. The molecule has 158 valence electrons. The Kier molecular flexibility index (Phi) is 6.42. The summed E-state index contributed by atoms with van der Waals surface area (Å²) in [7, 11) is 0.188. The quantitative estimate of drug-likeness (QED) is 0.512. The van der Waals surface area contributed by atoms with Gasteiger partial charge in [0.05, 0.1) is 24.0 Å². The van der Waals surface area contributed by atoms with E-state index in [-0.39, 0.29) is 23.8 Å². The fourth-order valence-corrected chi connectivity index (χ4v) is 3.41. The summed E-state index contributed by atoms with van der Waals surface area (Å²) in [6.45, 7) is 0.414. The van der Waals surface area contributed by atoms with Crippen molar-refractivity contribution in [3.8, 4) is 0 Å². The normalized spacial score (nSPS) is 11.3. The Morgan fingerprint density at radius 1 is 1.13 bits per heavy atom. The molecule has 2 aromatic heterocycles. The Morgan fingerprint density at radius 2 is 1.83 bits per heavy atom. The lowest BCUT2D eigenvalue weighted by Gasteiger charge is -2.22. The van der Waals surface area contributed by atoms with Gasteiger partial charge in [0.15, 0.2) is 5.69 Å². The van der Waals surface area contributed by atoms with Crippen LogP contribution in [0, 0.1) is 0 Å². The van der Waals surface area contributed by atoms with Crippen molar-refractivity contribution in [1.82, 2.24) is 14.9 Å². The predicted octanol–water partition coefficient (Wildman–Crippen LogP) is 3.04. The third-order valence-corrected chi connectivity index (χ3v) is 5.43. The van der Waals surface area contributed by atoms with Crippen LogP contribution in [0.3, 0.4) is 0 Å². The van der Waals surface area contributed by atoms with Gasteiger partial charge in [-0.3, -0.25) is 4.79 Å². The minimum absolute atomic E-state index is 0.0280. The summed E-state index contributed by atoms with van der Waals surface area (Å²) >= 11 is 6.13. The zero-order valence-corrected chi connectivity index (χ0v) is 18.3. The third-order valence-electron chi connectivity index (χ3n) is 4.30. The summed E-state index contributed by atoms with van der Waals surface area (Å²) in [5.74, 6) is 0.0437. The Bertz CT molecular complexity index is 1130. The lowest BCUT2D eigenvalue weighted by Crippen LogP contribution is -2.31. The third kappa shape index (κ3) is 5.17. The van der Waals surface area contributed by atoms with Gasteiger partial charge in [0.25, 0.3) is 5.91 Å². The minimum atomic E-state index is -3.70. The Balaban J connectivity index is 1.95. The molecule has 0 fully saturated rings. The van der Waals surface area contributed by atoms with Crippen molar-refractivity contribution in [2.75, 3.05) is 25.3 Å². The fraction of sp³-hybridized carbons (Fsp3) is 0.250. The molecule has 0 aliphatic heterocycles. The molecule has 0 aliphatic carbocycles. The number of rotatable bonds is 7. The molecule has 3 rings (SSSR count). The topological polar surface area (TPSA) is 96.6 Å². The molecule has 0 unspecified atom stereocenters. The molecule has 30 heavy (non-hydrogen) atoms. The van der Waals surface area contributed by atoms with Crippen LogP contribution in [0.25, 0.3) is 0 Å². The highest BCUT2D eigenvalue weighted by Gasteiger charge is 2.24. The Hall–Kier alpha value is -2.91. The molecule has 8 nitrogen and oxygen atoms in total. The average Bonchev–Trinajstić information content (AvgIpc) is 3.20. The van der Waals surface area contributed by atoms with Crippen molar-refractivity contribution < 1.29 is 17.6 Å². The molecule has 0 bridgehead atoms. The van der Waals surface area contributed by atoms with Gasteiger partial charge < -0.3 is 14.2 Å². The second kappa shape index (κ2) is 8.85. The lowest BCUT2D eigenvalue weighted by molar-refractivity contribution is 0.0710. The van der Waals surface area contributed by atoms with Crippen LogP contribution in [0.1, 0.15) is 21.8 Å². The molecule has 0 atom stereocenters. The number of hydrogen-bond donors (Lipinski definition) is 0. The van der Waals surface area contributed by atoms with Gasteiger partial charge in [-0.15, -0.1) is 0 Å². The van der Waals surface area contributed by atoms with Crippen LogP contribution in [0.15, 0.2) is 58.4 Å². The monoisotopic (exact) mass is 448 g/mol. The van der Waals surface area contributed by atoms with Gasteiger partial charge in [0.2, 0.25) is 15.0 Å². The number of carbonyl (C=O) groups excluding carboxylic acids is 1. The highest BCUT2D eigenvalue weighted by Crippen LogP contribution is 2.21. The first-order chi connectivity index (χ1) is 14.1. The van der Waals surface area contributed by atoms with Gasteiger partial charge in [0, 0.05) is 32.6 Å². The summed E-state index contributed by atoms with van der Waals surface area (Å²) in [5, 5.41) is -0.483. The van der Waals surface area contributed by atoms with Crippen LogP contribution in [0.5, 0.6) is 0 Å². The molecular formula is C20H21ClN4O4S. The zero-order chi connectivity index (χ0) is 21.9. The van der Waals surface area contributed by atoms with Gasteiger partial charge in [-0.1, -0.05) is 23.7 Å². The van der Waals surface area contributed by atoms with Crippen molar-refractivity contribution >= 4 is 33.0 Å². The van der Waals surface area contributed by atoms with E-state index in [0.717, 1.165) is 23.7 Å². The number of nitrogens with zero attached hydrogens (tertiary/aromatic N) is 4. The summed E-state index contributed by atoms with van der Waals surface area (Å²) in [6.07, 6.45) is 3.61. The highest BCUT2D eigenvalue weighted by atomic mass is 35.5. The molecule has 1 amide bonds. The number of hydrogen-bond acceptors (Lipinski definition) is 7. The Labute approximate surface area is 180 Å². The standard InChI is InChI=1S/C20H21ClN4O4S/c1-24(2)15-8-6-14(7-9-15)12-25(13-16-5-4-10-29-16)19(26)18-17(21)11-22-20(23-18)30(3,27)28/h4-11H,12-13H2,1-3H3. The first kappa shape index (κ1) is 21.8. The van der Waals surface area contributed by atoms with E-state index in [1.807, 2.05) is 43.3 Å². The molecule has 2 heterocycles.